The van der Waals surface area contributed by atoms with Crippen molar-refractivity contribution in [3.8, 4) is 0 Å². The van der Waals surface area contributed by atoms with Crippen LogP contribution in [0.4, 0.5) is 0 Å². The number of hydrogen-bond donors (Lipinski definition) is 0. The zero-order valence-corrected chi connectivity index (χ0v) is 16.0. The fraction of sp³-hybridized carbons (Fsp3) is 0.909. The Morgan fingerprint density at radius 2 is 1.09 bits per heavy atom. The minimum Gasteiger partial charge on any atom is -0.0888 e. The molecular formula is C22H44. The lowest BCUT2D eigenvalue weighted by Gasteiger charge is -2.12. The van der Waals surface area contributed by atoms with Crippen LogP contribution < -0.4 is 0 Å². The summed E-state index contributed by atoms with van der Waals surface area (Å²) in [5.41, 5.74) is 0. The molecule has 0 aromatic carbocycles. The SMILES string of the molecule is CC/C=C/CC(CC)CCCCCCCCCCCCCC. The first-order valence-electron chi connectivity index (χ1n) is 10.5. The molecule has 0 aromatic heterocycles. The maximum atomic E-state index is 2.40. The summed E-state index contributed by atoms with van der Waals surface area (Å²) >= 11 is 0. The molecule has 0 aliphatic carbocycles. The van der Waals surface area contributed by atoms with Crippen molar-refractivity contribution in [1.82, 2.24) is 0 Å². The van der Waals surface area contributed by atoms with Crippen LogP contribution in [0.25, 0.3) is 0 Å². The molecule has 0 amide bonds. The maximum absolute atomic E-state index is 2.40. The molecule has 0 radical (unpaired) electrons. The molecule has 132 valence electrons. The maximum Gasteiger partial charge on any atom is -0.0322 e. The first-order chi connectivity index (χ1) is 10.8. The van der Waals surface area contributed by atoms with Gasteiger partial charge in [0.1, 0.15) is 0 Å². The zero-order chi connectivity index (χ0) is 16.3. The first kappa shape index (κ1) is 21.7. The molecule has 1 unspecified atom stereocenters. The molecule has 0 rings (SSSR count). The Balaban J connectivity index is 3.23. The average molecular weight is 309 g/mol. The third-order valence-electron chi connectivity index (χ3n) is 4.92. The van der Waals surface area contributed by atoms with Gasteiger partial charge in [0.05, 0.1) is 0 Å². The Morgan fingerprint density at radius 1 is 0.591 bits per heavy atom. The predicted molar refractivity (Wildman–Crippen MR) is 104 cm³/mol. The highest BCUT2D eigenvalue weighted by Gasteiger charge is 2.03. The van der Waals surface area contributed by atoms with E-state index in [0.29, 0.717) is 0 Å². The summed E-state index contributed by atoms with van der Waals surface area (Å²) in [7, 11) is 0. The van der Waals surface area contributed by atoms with Crippen molar-refractivity contribution in [2.75, 3.05) is 0 Å². The van der Waals surface area contributed by atoms with Gasteiger partial charge < -0.3 is 0 Å². The second kappa shape index (κ2) is 18.8. The van der Waals surface area contributed by atoms with Crippen molar-refractivity contribution in [2.45, 2.75) is 124 Å². The van der Waals surface area contributed by atoms with Gasteiger partial charge in [-0.05, 0) is 18.8 Å². The average Bonchev–Trinajstić information content (AvgIpc) is 2.54. The fourth-order valence-electron chi connectivity index (χ4n) is 3.22. The normalized spacial score (nSPS) is 13.0. The lowest BCUT2D eigenvalue weighted by molar-refractivity contribution is 0.440. The highest BCUT2D eigenvalue weighted by molar-refractivity contribution is 4.82. The van der Waals surface area contributed by atoms with Gasteiger partial charge in [0.2, 0.25) is 0 Å². The number of hydrogen-bond acceptors (Lipinski definition) is 0. The topological polar surface area (TPSA) is 0 Å². The molecule has 0 heterocycles. The second-order valence-electron chi connectivity index (χ2n) is 7.07. The van der Waals surface area contributed by atoms with Gasteiger partial charge >= 0.3 is 0 Å². The van der Waals surface area contributed by atoms with E-state index in [1.165, 1.54) is 103 Å². The quantitative estimate of drug-likeness (QED) is 0.187. The molecule has 0 aromatic rings. The van der Waals surface area contributed by atoms with Gasteiger partial charge in [0.25, 0.3) is 0 Å². The first-order valence-corrected chi connectivity index (χ1v) is 10.5. The van der Waals surface area contributed by atoms with E-state index in [0.717, 1.165) is 5.92 Å². The molecule has 0 aliphatic heterocycles. The summed E-state index contributed by atoms with van der Waals surface area (Å²) in [6.07, 6.45) is 27.5. The Bertz CT molecular complexity index is 216. The summed E-state index contributed by atoms with van der Waals surface area (Å²) in [6, 6.07) is 0. The van der Waals surface area contributed by atoms with Gasteiger partial charge in [-0.2, -0.15) is 0 Å². The van der Waals surface area contributed by atoms with E-state index in [9.17, 15) is 0 Å². The Hall–Kier alpha value is -0.260. The molecule has 0 fully saturated rings. The summed E-state index contributed by atoms with van der Waals surface area (Å²) in [6.45, 7) is 6.87. The molecule has 0 saturated carbocycles. The molecule has 0 saturated heterocycles. The molecule has 22 heavy (non-hydrogen) atoms. The van der Waals surface area contributed by atoms with Crippen LogP contribution in [0, 0.1) is 5.92 Å². The zero-order valence-electron chi connectivity index (χ0n) is 16.0. The highest BCUT2D eigenvalue weighted by Crippen LogP contribution is 2.19. The lowest BCUT2D eigenvalue weighted by atomic mass is 9.94. The fourth-order valence-corrected chi connectivity index (χ4v) is 3.22. The third kappa shape index (κ3) is 16.1. The summed E-state index contributed by atoms with van der Waals surface area (Å²) in [4.78, 5) is 0. The van der Waals surface area contributed by atoms with Crippen molar-refractivity contribution in [2.24, 2.45) is 5.92 Å². The van der Waals surface area contributed by atoms with E-state index in [1.54, 1.807) is 0 Å². The van der Waals surface area contributed by atoms with Crippen LogP contribution in [0.5, 0.6) is 0 Å². The van der Waals surface area contributed by atoms with Gasteiger partial charge in [-0.1, -0.05) is 123 Å². The van der Waals surface area contributed by atoms with Crippen molar-refractivity contribution in [3.05, 3.63) is 12.2 Å². The molecule has 0 aliphatic rings. The third-order valence-corrected chi connectivity index (χ3v) is 4.92. The van der Waals surface area contributed by atoms with Crippen LogP contribution in [0.3, 0.4) is 0 Å². The van der Waals surface area contributed by atoms with Crippen LogP contribution in [0.1, 0.15) is 124 Å². The van der Waals surface area contributed by atoms with Crippen LogP contribution in [-0.4, -0.2) is 0 Å². The summed E-state index contributed by atoms with van der Waals surface area (Å²) < 4.78 is 0. The molecule has 1 atom stereocenters. The molecular weight excluding hydrogens is 264 g/mol. The van der Waals surface area contributed by atoms with E-state index in [2.05, 4.69) is 32.9 Å². The number of unbranched alkanes of at least 4 members (excludes halogenated alkanes) is 11. The lowest BCUT2D eigenvalue weighted by Crippen LogP contribution is -1.97. The van der Waals surface area contributed by atoms with Gasteiger partial charge in [0, 0.05) is 0 Å². The minimum atomic E-state index is 0.936. The van der Waals surface area contributed by atoms with Crippen LogP contribution >= 0.6 is 0 Å². The van der Waals surface area contributed by atoms with Crippen molar-refractivity contribution in [1.29, 1.82) is 0 Å². The summed E-state index contributed by atoms with van der Waals surface area (Å²) in [5.74, 6) is 0.936. The molecule has 0 nitrogen and oxygen atoms in total. The van der Waals surface area contributed by atoms with Gasteiger partial charge in [-0.15, -0.1) is 0 Å². The molecule has 0 heteroatoms. The van der Waals surface area contributed by atoms with E-state index < -0.39 is 0 Å². The number of rotatable bonds is 17. The molecule has 0 bridgehead atoms. The second-order valence-corrected chi connectivity index (χ2v) is 7.07. The molecule has 0 spiro atoms. The Labute approximate surface area is 142 Å². The van der Waals surface area contributed by atoms with E-state index in [-0.39, 0.29) is 0 Å². The standard InChI is InChI=1S/C22H44/c1-4-7-9-10-11-12-13-14-15-16-17-19-21-22(6-3)20-18-8-5-2/h8,18,22H,4-7,9-17,19-21H2,1-3H3/b18-8+. The monoisotopic (exact) mass is 308 g/mol. The Morgan fingerprint density at radius 3 is 1.55 bits per heavy atom. The molecule has 0 N–H and O–H groups in total. The summed E-state index contributed by atoms with van der Waals surface area (Å²) in [5, 5.41) is 0. The smallest absolute Gasteiger partial charge is 0.0322 e. The number of allylic oxidation sites excluding steroid dienone is 2. The van der Waals surface area contributed by atoms with E-state index in [1.807, 2.05) is 0 Å². The van der Waals surface area contributed by atoms with Crippen molar-refractivity contribution >= 4 is 0 Å². The van der Waals surface area contributed by atoms with Crippen molar-refractivity contribution < 1.29 is 0 Å². The van der Waals surface area contributed by atoms with Gasteiger partial charge in [-0.25, -0.2) is 0 Å². The van der Waals surface area contributed by atoms with Crippen molar-refractivity contribution in [3.63, 3.8) is 0 Å². The van der Waals surface area contributed by atoms with E-state index >= 15 is 0 Å². The van der Waals surface area contributed by atoms with Gasteiger partial charge in [0.15, 0.2) is 0 Å². The van der Waals surface area contributed by atoms with E-state index in [4.69, 9.17) is 0 Å². The largest absolute Gasteiger partial charge is 0.0888 e. The van der Waals surface area contributed by atoms with Crippen LogP contribution in [0.2, 0.25) is 0 Å². The van der Waals surface area contributed by atoms with Gasteiger partial charge in [-0.3, -0.25) is 0 Å². The Kier molecular flexibility index (Phi) is 18.6. The van der Waals surface area contributed by atoms with Crippen LogP contribution in [0.15, 0.2) is 12.2 Å². The minimum absolute atomic E-state index is 0.936. The highest BCUT2D eigenvalue weighted by atomic mass is 14.1. The predicted octanol–water partition coefficient (Wildman–Crippen LogP) is 8.46. The van der Waals surface area contributed by atoms with Crippen LogP contribution in [-0.2, 0) is 0 Å².